The van der Waals surface area contributed by atoms with E-state index in [9.17, 15) is 9.90 Å². The predicted octanol–water partition coefficient (Wildman–Crippen LogP) is 2.40. The third kappa shape index (κ3) is 3.81. The molecule has 0 aliphatic rings. The molecular weight excluding hydrogens is 228 g/mol. The molecule has 1 rings (SSSR count). The van der Waals surface area contributed by atoms with Gasteiger partial charge >= 0.3 is 5.97 Å². The highest BCUT2D eigenvalue weighted by Gasteiger charge is 2.32. The van der Waals surface area contributed by atoms with Crippen LogP contribution in [0.3, 0.4) is 0 Å². The van der Waals surface area contributed by atoms with Crippen molar-refractivity contribution in [3.05, 3.63) is 30.1 Å². The number of carbonyl (C=O) groups is 1. The molecule has 0 aromatic carbocycles. The quantitative estimate of drug-likeness (QED) is 0.807. The first kappa shape index (κ1) is 14.6. The Balaban J connectivity index is 2.70. The minimum absolute atomic E-state index is 0.567. The number of carboxylic acid groups (broad SMARTS) is 1. The largest absolute Gasteiger partial charge is 0.481 e. The third-order valence-corrected chi connectivity index (χ3v) is 3.47. The maximum atomic E-state index is 11.3. The summed E-state index contributed by atoms with van der Waals surface area (Å²) in [6, 6.07) is 3.93. The van der Waals surface area contributed by atoms with Gasteiger partial charge in [0.05, 0.1) is 5.41 Å². The summed E-state index contributed by atoms with van der Waals surface area (Å²) in [5, 5.41) is 9.31. The van der Waals surface area contributed by atoms with Gasteiger partial charge in [-0.05, 0) is 37.6 Å². The van der Waals surface area contributed by atoms with Crippen LogP contribution < -0.4 is 0 Å². The van der Waals surface area contributed by atoms with Crippen molar-refractivity contribution in [2.45, 2.75) is 33.7 Å². The summed E-state index contributed by atoms with van der Waals surface area (Å²) < 4.78 is 0. The fourth-order valence-electron chi connectivity index (χ4n) is 1.85. The van der Waals surface area contributed by atoms with Crippen LogP contribution in [0.1, 0.15) is 32.8 Å². The summed E-state index contributed by atoms with van der Waals surface area (Å²) in [6.07, 6.45) is 4.16. The van der Waals surface area contributed by atoms with E-state index in [1.54, 1.807) is 12.4 Å². The fourth-order valence-corrected chi connectivity index (χ4v) is 1.85. The molecule has 1 heterocycles. The summed E-state index contributed by atoms with van der Waals surface area (Å²) >= 11 is 0. The molecule has 0 radical (unpaired) electrons. The lowest BCUT2D eigenvalue weighted by atomic mass is 9.87. The van der Waals surface area contributed by atoms with E-state index in [2.05, 4.69) is 16.8 Å². The number of pyridine rings is 1. The van der Waals surface area contributed by atoms with Gasteiger partial charge in [0, 0.05) is 25.5 Å². The molecule has 0 saturated heterocycles. The summed E-state index contributed by atoms with van der Waals surface area (Å²) in [6.45, 7) is 7.96. The van der Waals surface area contributed by atoms with Crippen LogP contribution in [0.2, 0.25) is 0 Å². The molecule has 4 heteroatoms. The number of nitrogens with zero attached hydrogens (tertiary/aromatic N) is 2. The van der Waals surface area contributed by atoms with Crippen molar-refractivity contribution in [2.75, 3.05) is 13.1 Å². The van der Waals surface area contributed by atoms with E-state index in [1.807, 2.05) is 26.0 Å². The molecule has 18 heavy (non-hydrogen) atoms. The van der Waals surface area contributed by atoms with Crippen molar-refractivity contribution in [3.63, 3.8) is 0 Å². The molecule has 0 amide bonds. The molecule has 0 bridgehead atoms. The lowest BCUT2D eigenvalue weighted by Gasteiger charge is -2.31. The minimum atomic E-state index is -0.724. The van der Waals surface area contributed by atoms with E-state index < -0.39 is 11.4 Å². The Labute approximate surface area is 109 Å². The highest BCUT2D eigenvalue weighted by Crippen LogP contribution is 2.23. The van der Waals surface area contributed by atoms with Crippen molar-refractivity contribution in [1.29, 1.82) is 0 Å². The van der Waals surface area contributed by atoms with Gasteiger partial charge in [0.25, 0.3) is 0 Å². The smallest absolute Gasteiger partial charge is 0.310 e. The SMILES string of the molecule is CCN(Cc1ccncc1)CC(C)(CC)C(=O)O. The highest BCUT2D eigenvalue weighted by molar-refractivity contribution is 5.74. The lowest BCUT2D eigenvalue weighted by molar-refractivity contribution is -0.149. The topological polar surface area (TPSA) is 53.4 Å². The Hall–Kier alpha value is -1.42. The Morgan fingerprint density at radius 2 is 2.00 bits per heavy atom. The number of hydrogen-bond donors (Lipinski definition) is 1. The summed E-state index contributed by atoms with van der Waals surface area (Å²) in [5.41, 5.74) is 0.485. The normalized spacial score (nSPS) is 14.4. The van der Waals surface area contributed by atoms with Crippen LogP contribution in [0, 0.1) is 5.41 Å². The molecule has 100 valence electrons. The third-order valence-electron chi connectivity index (χ3n) is 3.47. The van der Waals surface area contributed by atoms with Gasteiger partial charge in [0.2, 0.25) is 0 Å². The Morgan fingerprint density at radius 3 is 2.44 bits per heavy atom. The second-order valence-electron chi connectivity index (χ2n) is 4.88. The lowest BCUT2D eigenvalue weighted by Crippen LogP contribution is -2.40. The van der Waals surface area contributed by atoms with Gasteiger partial charge < -0.3 is 5.11 Å². The zero-order valence-electron chi connectivity index (χ0n) is 11.4. The van der Waals surface area contributed by atoms with Crippen molar-refractivity contribution < 1.29 is 9.90 Å². The molecule has 0 fully saturated rings. The van der Waals surface area contributed by atoms with Crippen LogP contribution in [-0.4, -0.2) is 34.0 Å². The summed E-state index contributed by atoms with van der Waals surface area (Å²) in [4.78, 5) is 17.5. The van der Waals surface area contributed by atoms with Gasteiger partial charge in [-0.3, -0.25) is 14.7 Å². The summed E-state index contributed by atoms with van der Waals surface area (Å²) in [5.74, 6) is -0.724. The van der Waals surface area contributed by atoms with Crippen molar-refractivity contribution in [1.82, 2.24) is 9.88 Å². The standard InChI is InChI=1S/C14H22N2O2/c1-4-14(3,13(17)18)11-16(5-2)10-12-6-8-15-9-7-12/h6-9H,4-5,10-11H2,1-3H3,(H,17,18). The summed E-state index contributed by atoms with van der Waals surface area (Å²) in [7, 11) is 0. The molecule has 1 aromatic rings. The monoisotopic (exact) mass is 250 g/mol. The molecule has 0 aliphatic heterocycles. The molecule has 4 nitrogen and oxygen atoms in total. The van der Waals surface area contributed by atoms with Gasteiger partial charge in [-0.25, -0.2) is 0 Å². The van der Waals surface area contributed by atoms with E-state index in [-0.39, 0.29) is 0 Å². The molecule has 0 saturated carbocycles. The van der Waals surface area contributed by atoms with Crippen LogP contribution in [-0.2, 0) is 11.3 Å². The molecule has 1 aromatic heterocycles. The van der Waals surface area contributed by atoms with Crippen LogP contribution >= 0.6 is 0 Å². The van der Waals surface area contributed by atoms with E-state index in [0.717, 1.165) is 18.7 Å². The first-order chi connectivity index (χ1) is 8.51. The Kier molecular flexibility index (Phi) is 5.28. The molecule has 0 spiro atoms. The molecular formula is C14H22N2O2. The predicted molar refractivity (Wildman–Crippen MR) is 71.2 cm³/mol. The first-order valence-electron chi connectivity index (χ1n) is 6.36. The van der Waals surface area contributed by atoms with Crippen LogP contribution in [0.15, 0.2) is 24.5 Å². The van der Waals surface area contributed by atoms with Gasteiger partial charge in [-0.15, -0.1) is 0 Å². The minimum Gasteiger partial charge on any atom is -0.481 e. The number of carboxylic acids is 1. The Morgan fingerprint density at radius 1 is 1.39 bits per heavy atom. The van der Waals surface area contributed by atoms with E-state index in [4.69, 9.17) is 0 Å². The first-order valence-corrected chi connectivity index (χ1v) is 6.36. The van der Waals surface area contributed by atoms with Gasteiger partial charge in [-0.1, -0.05) is 13.8 Å². The van der Waals surface area contributed by atoms with Gasteiger partial charge in [0.15, 0.2) is 0 Å². The van der Waals surface area contributed by atoms with E-state index in [1.165, 1.54) is 0 Å². The van der Waals surface area contributed by atoms with Crippen molar-refractivity contribution in [2.24, 2.45) is 5.41 Å². The fraction of sp³-hybridized carbons (Fsp3) is 0.571. The van der Waals surface area contributed by atoms with Crippen LogP contribution in [0.5, 0.6) is 0 Å². The second-order valence-corrected chi connectivity index (χ2v) is 4.88. The number of rotatable bonds is 7. The Bertz CT molecular complexity index is 381. The molecule has 1 N–H and O–H groups in total. The maximum absolute atomic E-state index is 11.3. The van der Waals surface area contributed by atoms with E-state index >= 15 is 0 Å². The van der Waals surface area contributed by atoms with Crippen molar-refractivity contribution in [3.8, 4) is 0 Å². The van der Waals surface area contributed by atoms with Gasteiger partial charge in [0.1, 0.15) is 0 Å². The maximum Gasteiger partial charge on any atom is 0.310 e. The average molecular weight is 250 g/mol. The van der Waals surface area contributed by atoms with Crippen molar-refractivity contribution >= 4 is 5.97 Å². The van der Waals surface area contributed by atoms with Crippen LogP contribution in [0.4, 0.5) is 0 Å². The number of hydrogen-bond acceptors (Lipinski definition) is 3. The average Bonchev–Trinajstić information content (AvgIpc) is 2.38. The molecule has 1 unspecified atom stereocenters. The number of aliphatic carboxylic acids is 1. The zero-order valence-corrected chi connectivity index (χ0v) is 11.4. The van der Waals surface area contributed by atoms with Gasteiger partial charge in [-0.2, -0.15) is 0 Å². The highest BCUT2D eigenvalue weighted by atomic mass is 16.4. The molecule has 0 aliphatic carbocycles. The van der Waals surface area contributed by atoms with Crippen LogP contribution in [0.25, 0.3) is 0 Å². The second kappa shape index (κ2) is 6.50. The zero-order chi connectivity index (χ0) is 13.6. The number of aromatic nitrogens is 1. The molecule has 1 atom stereocenters. The van der Waals surface area contributed by atoms with E-state index in [0.29, 0.717) is 13.0 Å².